The summed E-state index contributed by atoms with van der Waals surface area (Å²) in [5, 5.41) is 12.8. The summed E-state index contributed by atoms with van der Waals surface area (Å²) in [4.78, 5) is 39.7. The zero-order valence-corrected chi connectivity index (χ0v) is 19.7. The van der Waals surface area contributed by atoms with Gasteiger partial charge in [-0.3, -0.25) is 4.79 Å². The Labute approximate surface area is 204 Å². The summed E-state index contributed by atoms with van der Waals surface area (Å²) in [6.07, 6.45) is 3.93. The highest BCUT2D eigenvalue weighted by Gasteiger charge is 2.63. The SMILES string of the molecule is O=C(NC1(CC(=O)N2CC3CC2(C(=O)O)C3)CCCC1)OCC1c2ccccc2-c2ccccc21. The van der Waals surface area contributed by atoms with Crippen molar-refractivity contribution in [2.24, 2.45) is 5.92 Å². The van der Waals surface area contributed by atoms with Crippen LogP contribution >= 0.6 is 0 Å². The average Bonchev–Trinajstić information content (AvgIpc) is 3.58. The van der Waals surface area contributed by atoms with E-state index in [1.165, 1.54) is 11.1 Å². The molecule has 182 valence electrons. The van der Waals surface area contributed by atoms with Gasteiger partial charge in [-0.05, 0) is 53.9 Å². The summed E-state index contributed by atoms with van der Waals surface area (Å²) < 4.78 is 5.75. The van der Waals surface area contributed by atoms with Crippen LogP contribution in [0.3, 0.4) is 0 Å². The van der Waals surface area contributed by atoms with E-state index in [-0.39, 0.29) is 30.8 Å². The molecule has 2 saturated heterocycles. The number of alkyl carbamates (subject to hydrolysis) is 1. The molecule has 2 saturated carbocycles. The van der Waals surface area contributed by atoms with Crippen LogP contribution in [0.2, 0.25) is 0 Å². The van der Waals surface area contributed by atoms with Crippen molar-refractivity contribution >= 4 is 18.0 Å². The van der Waals surface area contributed by atoms with E-state index in [4.69, 9.17) is 4.74 Å². The Balaban J connectivity index is 1.13. The van der Waals surface area contributed by atoms with Crippen LogP contribution < -0.4 is 5.32 Å². The van der Waals surface area contributed by atoms with Crippen LogP contribution in [0.5, 0.6) is 0 Å². The second-order valence-corrected chi connectivity index (χ2v) is 10.7. The predicted molar refractivity (Wildman–Crippen MR) is 129 cm³/mol. The summed E-state index contributed by atoms with van der Waals surface area (Å²) in [5.41, 5.74) is 2.94. The zero-order valence-electron chi connectivity index (χ0n) is 19.7. The molecular formula is C28H30N2O5. The van der Waals surface area contributed by atoms with E-state index < -0.39 is 23.1 Å². The van der Waals surface area contributed by atoms with Gasteiger partial charge in [0.25, 0.3) is 0 Å². The molecule has 0 aromatic heterocycles. The number of carboxylic acids is 1. The molecule has 35 heavy (non-hydrogen) atoms. The first kappa shape index (κ1) is 22.1. The summed E-state index contributed by atoms with van der Waals surface area (Å²) in [7, 11) is 0. The Morgan fingerprint density at radius 2 is 1.57 bits per heavy atom. The third kappa shape index (κ3) is 3.51. The van der Waals surface area contributed by atoms with Gasteiger partial charge in [0.2, 0.25) is 5.91 Å². The number of carbonyl (C=O) groups is 3. The number of benzene rings is 2. The van der Waals surface area contributed by atoms with E-state index in [2.05, 4.69) is 29.6 Å². The lowest BCUT2D eigenvalue weighted by molar-refractivity contribution is -0.159. The Morgan fingerprint density at radius 3 is 2.17 bits per heavy atom. The Morgan fingerprint density at radius 1 is 0.971 bits per heavy atom. The second-order valence-electron chi connectivity index (χ2n) is 10.7. The van der Waals surface area contributed by atoms with Crippen LogP contribution in [0.25, 0.3) is 11.1 Å². The van der Waals surface area contributed by atoms with Crippen LogP contribution in [0.15, 0.2) is 48.5 Å². The summed E-state index contributed by atoms with van der Waals surface area (Å²) in [6.45, 7) is 0.728. The molecule has 5 aliphatic rings. The fourth-order valence-electron chi connectivity index (χ4n) is 6.94. The van der Waals surface area contributed by atoms with E-state index in [0.29, 0.717) is 32.2 Å². The molecule has 0 atom stereocenters. The summed E-state index contributed by atoms with van der Waals surface area (Å²) in [6, 6.07) is 16.4. The lowest BCUT2D eigenvalue weighted by atomic mass is 9.73. The van der Waals surface area contributed by atoms with Gasteiger partial charge < -0.3 is 20.1 Å². The van der Waals surface area contributed by atoms with Gasteiger partial charge in [0.05, 0.1) is 12.0 Å². The molecule has 7 nitrogen and oxygen atoms in total. The molecule has 2 heterocycles. The standard InChI is InChI=1S/C28H30N2O5/c31-24(30-16-18-13-28(30,14-18)25(32)33)15-27(11-5-6-12-27)29-26(34)35-17-23-21-9-3-1-7-19(21)20-8-2-4-10-22(20)23/h1-4,7-10,18,23H,5-6,11-17H2,(H,29,34)(H,32,33). The van der Waals surface area contributed by atoms with Crippen molar-refractivity contribution in [1.82, 2.24) is 10.2 Å². The minimum Gasteiger partial charge on any atom is -0.479 e. The predicted octanol–water partition coefficient (Wildman–Crippen LogP) is 4.30. The van der Waals surface area contributed by atoms with Gasteiger partial charge in [-0.1, -0.05) is 61.4 Å². The molecule has 3 aliphatic carbocycles. The molecule has 2 bridgehead atoms. The van der Waals surface area contributed by atoms with E-state index in [1.807, 2.05) is 24.3 Å². The fourth-order valence-corrected chi connectivity index (χ4v) is 6.94. The number of fused-ring (bicyclic) bond motifs is 4. The molecule has 2 aromatic carbocycles. The Kier molecular flexibility index (Phi) is 5.13. The minimum atomic E-state index is -1.04. The smallest absolute Gasteiger partial charge is 0.407 e. The van der Waals surface area contributed by atoms with E-state index in [0.717, 1.165) is 24.0 Å². The Hall–Kier alpha value is -3.35. The monoisotopic (exact) mass is 474 g/mol. The van der Waals surface area contributed by atoms with Crippen LogP contribution in [-0.2, 0) is 14.3 Å². The average molecular weight is 475 g/mol. The topological polar surface area (TPSA) is 95.9 Å². The molecule has 7 heteroatoms. The summed E-state index contributed by atoms with van der Waals surface area (Å²) >= 11 is 0. The normalized spacial score (nSPS) is 25.5. The van der Waals surface area contributed by atoms with Crippen molar-refractivity contribution in [3.63, 3.8) is 0 Å². The number of carboxylic acid groups (broad SMARTS) is 1. The van der Waals surface area contributed by atoms with Gasteiger partial charge in [0, 0.05) is 12.5 Å². The lowest BCUT2D eigenvalue weighted by Crippen LogP contribution is -2.57. The summed E-state index contributed by atoms with van der Waals surface area (Å²) in [5.74, 6) is -0.830. The van der Waals surface area contributed by atoms with Gasteiger partial charge in [0.15, 0.2) is 0 Å². The highest BCUT2D eigenvalue weighted by molar-refractivity contribution is 5.90. The first-order valence-electron chi connectivity index (χ1n) is 12.6. The first-order valence-corrected chi connectivity index (χ1v) is 12.6. The number of hydrogen-bond acceptors (Lipinski definition) is 4. The van der Waals surface area contributed by atoms with Gasteiger partial charge in [-0.15, -0.1) is 0 Å². The number of rotatable bonds is 6. The molecule has 2 aliphatic heterocycles. The maximum absolute atomic E-state index is 13.2. The van der Waals surface area contributed by atoms with Crippen LogP contribution in [-0.4, -0.2) is 52.2 Å². The van der Waals surface area contributed by atoms with Gasteiger partial charge in [-0.25, -0.2) is 9.59 Å². The number of amides is 2. The Bertz CT molecular complexity index is 1150. The lowest BCUT2D eigenvalue weighted by Gasteiger charge is -2.39. The molecular weight excluding hydrogens is 444 g/mol. The van der Waals surface area contributed by atoms with Crippen molar-refractivity contribution in [1.29, 1.82) is 0 Å². The third-order valence-corrected chi connectivity index (χ3v) is 8.67. The molecule has 7 rings (SSSR count). The molecule has 4 fully saturated rings. The third-order valence-electron chi connectivity index (χ3n) is 8.67. The number of ether oxygens (including phenoxy) is 1. The van der Waals surface area contributed by atoms with Gasteiger partial charge in [-0.2, -0.15) is 0 Å². The molecule has 2 aromatic rings. The van der Waals surface area contributed by atoms with Crippen molar-refractivity contribution in [3.8, 4) is 11.1 Å². The van der Waals surface area contributed by atoms with Crippen molar-refractivity contribution in [2.45, 2.75) is 61.9 Å². The van der Waals surface area contributed by atoms with Crippen molar-refractivity contribution < 1.29 is 24.2 Å². The molecule has 0 unspecified atom stereocenters. The van der Waals surface area contributed by atoms with Gasteiger partial charge >= 0.3 is 12.1 Å². The number of aliphatic carboxylic acids is 1. The van der Waals surface area contributed by atoms with Crippen molar-refractivity contribution in [3.05, 3.63) is 59.7 Å². The van der Waals surface area contributed by atoms with Crippen LogP contribution in [0.4, 0.5) is 4.79 Å². The van der Waals surface area contributed by atoms with E-state index in [9.17, 15) is 19.5 Å². The van der Waals surface area contributed by atoms with Crippen molar-refractivity contribution in [2.75, 3.05) is 13.2 Å². The maximum Gasteiger partial charge on any atom is 0.407 e. The maximum atomic E-state index is 13.2. The highest BCUT2D eigenvalue weighted by atomic mass is 16.5. The largest absolute Gasteiger partial charge is 0.479 e. The number of carbonyl (C=O) groups excluding carboxylic acids is 2. The number of nitrogens with zero attached hydrogens (tertiary/aromatic N) is 1. The highest BCUT2D eigenvalue weighted by Crippen LogP contribution is 2.51. The number of hydrogen-bond donors (Lipinski definition) is 2. The molecule has 0 spiro atoms. The minimum absolute atomic E-state index is 0.0267. The fraction of sp³-hybridized carbons (Fsp3) is 0.464. The molecule has 2 N–H and O–H groups in total. The first-order chi connectivity index (χ1) is 16.9. The number of nitrogens with one attached hydrogen (secondary N) is 1. The molecule has 0 radical (unpaired) electrons. The van der Waals surface area contributed by atoms with E-state index >= 15 is 0 Å². The van der Waals surface area contributed by atoms with Gasteiger partial charge in [0.1, 0.15) is 12.1 Å². The zero-order chi connectivity index (χ0) is 24.2. The van der Waals surface area contributed by atoms with Crippen LogP contribution in [0.1, 0.15) is 62.0 Å². The van der Waals surface area contributed by atoms with Crippen LogP contribution in [0, 0.1) is 5.92 Å². The van der Waals surface area contributed by atoms with E-state index in [1.54, 1.807) is 4.90 Å². The second kappa shape index (κ2) is 8.11. The molecule has 2 amide bonds. The quantitative estimate of drug-likeness (QED) is 0.651.